The molecule has 0 N–H and O–H groups in total. The van der Waals surface area contributed by atoms with Crippen LogP contribution in [-0.2, 0) is 0 Å². The van der Waals surface area contributed by atoms with Crippen LogP contribution < -0.4 is 0 Å². The van der Waals surface area contributed by atoms with E-state index < -0.39 is 0 Å². The monoisotopic (exact) mass is 448 g/mol. The summed E-state index contributed by atoms with van der Waals surface area (Å²) in [5.74, 6) is -0.126. The van der Waals surface area contributed by atoms with Gasteiger partial charge in [-0.05, 0) is 54.3 Å². The average molecular weight is 451 g/mol. The number of rotatable bonds is 2. The lowest BCUT2D eigenvalue weighted by Gasteiger charge is -2.14. The molecule has 0 aliphatic rings. The molecule has 0 bridgehead atoms. The first-order valence-corrected chi connectivity index (χ1v) is 8.25. The Hall–Kier alpha value is -0.190. The fourth-order valence-corrected chi connectivity index (χ4v) is 3.90. The molecule has 0 aromatic heterocycles. The lowest BCUT2D eigenvalue weighted by Crippen LogP contribution is -1.97. The maximum Gasteiger partial charge on any atom is 0.129 e. The summed E-state index contributed by atoms with van der Waals surface area (Å²) < 4.78 is 15.7. The van der Waals surface area contributed by atoms with Crippen molar-refractivity contribution in [2.45, 2.75) is 18.7 Å². The highest BCUT2D eigenvalue weighted by Gasteiger charge is 2.14. The van der Waals surface area contributed by atoms with Crippen molar-refractivity contribution in [3.05, 3.63) is 67.3 Å². The summed E-state index contributed by atoms with van der Waals surface area (Å²) >= 11 is 10.7. The molecule has 0 saturated carbocycles. The molecule has 19 heavy (non-hydrogen) atoms. The Morgan fingerprint density at radius 2 is 1.26 bits per heavy atom. The molecule has 0 fully saturated rings. The highest BCUT2D eigenvalue weighted by atomic mass is 79.9. The van der Waals surface area contributed by atoms with Crippen molar-refractivity contribution in [1.82, 2.24) is 0 Å². The van der Waals surface area contributed by atoms with Crippen molar-refractivity contribution >= 4 is 47.8 Å². The zero-order valence-electron chi connectivity index (χ0n) is 10.5. The van der Waals surface area contributed by atoms with Crippen molar-refractivity contribution in [2.24, 2.45) is 0 Å². The summed E-state index contributed by atoms with van der Waals surface area (Å²) in [7, 11) is 0. The van der Waals surface area contributed by atoms with E-state index >= 15 is 0 Å². The van der Waals surface area contributed by atoms with Gasteiger partial charge in [-0.3, -0.25) is 0 Å². The molecule has 1 unspecified atom stereocenters. The number of halogens is 4. The fraction of sp³-hybridized carbons (Fsp3) is 0.200. The first kappa shape index (κ1) is 15.2. The Morgan fingerprint density at radius 1 is 0.842 bits per heavy atom. The summed E-state index contributed by atoms with van der Waals surface area (Å²) in [6.07, 6.45) is 0. The third-order valence-corrected chi connectivity index (χ3v) is 4.90. The standard InChI is InChI=1S/C15H12Br3F/c1-8-3-10(4-9(2)15(8)19)14(18)11-5-12(16)7-13(17)6-11/h3-7,14H,1-2H3. The number of aryl methyl sites for hydroxylation is 2. The van der Waals surface area contributed by atoms with Crippen LogP contribution >= 0.6 is 47.8 Å². The van der Waals surface area contributed by atoms with E-state index in [2.05, 4.69) is 59.9 Å². The van der Waals surface area contributed by atoms with Crippen LogP contribution in [0.5, 0.6) is 0 Å². The van der Waals surface area contributed by atoms with E-state index in [1.807, 2.05) is 18.2 Å². The molecule has 0 spiro atoms. The van der Waals surface area contributed by atoms with Gasteiger partial charge in [0.15, 0.2) is 0 Å². The van der Waals surface area contributed by atoms with Gasteiger partial charge in [-0.15, -0.1) is 0 Å². The Balaban J connectivity index is 2.46. The van der Waals surface area contributed by atoms with Crippen molar-refractivity contribution < 1.29 is 4.39 Å². The lowest BCUT2D eigenvalue weighted by atomic mass is 10.00. The first-order chi connectivity index (χ1) is 8.88. The van der Waals surface area contributed by atoms with Crippen LogP contribution in [0.1, 0.15) is 27.1 Å². The summed E-state index contributed by atoms with van der Waals surface area (Å²) in [4.78, 5) is 0.0410. The van der Waals surface area contributed by atoms with E-state index in [1.165, 1.54) is 0 Å². The minimum atomic E-state index is -0.126. The largest absolute Gasteiger partial charge is 0.206 e. The summed E-state index contributed by atoms with van der Waals surface area (Å²) in [6, 6.07) is 9.87. The molecule has 100 valence electrons. The minimum absolute atomic E-state index is 0.0410. The predicted molar refractivity (Wildman–Crippen MR) is 88.5 cm³/mol. The second-order valence-corrected chi connectivity index (χ2v) is 7.28. The van der Waals surface area contributed by atoms with Crippen LogP contribution in [0.3, 0.4) is 0 Å². The zero-order chi connectivity index (χ0) is 14.2. The molecule has 0 amide bonds. The highest BCUT2D eigenvalue weighted by Crippen LogP contribution is 2.35. The molecule has 2 aromatic carbocycles. The van der Waals surface area contributed by atoms with Crippen LogP contribution in [0.15, 0.2) is 39.3 Å². The maximum atomic E-state index is 13.7. The Kier molecular flexibility index (Phi) is 4.85. The molecule has 0 heterocycles. The zero-order valence-corrected chi connectivity index (χ0v) is 15.2. The topological polar surface area (TPSA) is 0 Å². The quantitative estimate of drug-likeness (QED) is 0.461. The van der Waals surface area contributed by atoms with Gasteiger partial charge in [0, 0.05) is 8.95 Å². The van der Waals surface area contributed by atoms with Gasteiger partial charge in [0.05, 0.1) is 4.83 Å². The molecule has 0 nitrogen and oxygen atoms in total. The molecular weight excluding hydrogens is 439 g/mol. The average Bonchev–Trinajstić information content (AvgIpc) is 2.33. The molecule has 1 atom stereocenters. The second-order valence-electron chi connectivity index (χ2n) is 4.53. The smallest absolute Gasteiger partial charge is 0.129 e. The van der Waals surface area contributed by atoms with Gasteiger partial charge in [0.1, 0.15) is 5.82 Å². The van der Waals surface area contributed by atoms with E-state index in [1.54, 1.807) is 13.8 Å². The van der Waals surface area contributed by atoms with Crippen LogP contribution in [0, 0.1) is 19.7 Å². The van der Waals surface area contributed by atoms with E-state index in [-0.39, 0.29) is 10.6 Å². The van der Waals surface area contributed by atoms with Gasteiger partial charge in [0.2, 0.25) is 0 Å². The highest BCUT2D eigenvalue weighted by molar-refractivity contribution is 9.11. The Labute approximate surface area is 137 Å². The number of hydrogen-bond acceptors (Lipinski definition) is 0. The molecule has 0 saturated heterocycles. The van der Waals surface area contributed by atoms with Gasteiger partial charge in [-0.25, -0.2) is 4.39 Å². The van der Waals surface area contributed by atoms with E-state index in [4.69, 9.17) is 0 Å². The van der Waals surface area contributed by atoms with Gasteiger partial charge in [0.25, 0.3) is 0 Å². The third-order valence-electron chi connectivity index (χ3n) is 2.93. The second kappa shape index (κ2) is 6.06. The van der Waals surface area contributed by atoms with Crippen LogP contribution in [0.25, 0.3) is 0 Å². The van der Waals surface area contributed by atoms with Crippen molar-refractivity contribution in [3.63, 3.8) is 0 Å². The maximum absolute atomic E-state index is 13.7. The van der Waals surface area contributed by atoms with Gasteiger partial charge >= 0.3 is 0 Å². The Morgan fingerprint density at radius 3 is 1.74 bits per heavy atom. The molecule has 2 aromatic rings. The number of hydrogen-bond donors (Lipinski definition) is 0. The fourth-order valence-electron chi connectivity index (χ4n) is 2.04. The molecular formula is C15H12Br3F. The predicted octanol–water partition coefficient (Wildman–Crippen LogP) is 6.45. The summed E-state index contributed by atoms with van der Waals surface area (Å²) in [6.45, 7) is 3.59. The molecule has 0 radical (unpaired) electrons. The third kappa shape index (κ3) is 3.47. The van der Waals surface area contributed by atoms with Crippen molar-refractivity contribution in [1.29, 1.82) is 0 Å². The van der Waals surface area contributed by atoms with Crippen molar-refractivity contribution in [3.8, 4) is 0 Å². The number of alkyl halides is 1. The van der Waals surface area contributed by atoms with Crippen molar-refractivity contribution in [2.75, 3.05) is 0 Å². The van der Waals surface area contributed by atoms with E-state index in [0.717, 1.165) is 20.1 Å². The molecule has 4 heteroatoms. The van der Waals surface area contributed by atoms with Crippen LogP contribution in [0.2, 0.25) is 0 Å². The van der Waals surface area contributed by atoms with E-state index in [9.17, 15) is 4.39 Å². The SMILES string of the molecule is Cc1cc(C(Br)c2cc(Br)cc(Br)c2)cc(C)c1F. The number of benzene rings is 2. The van der Waals surface area contributed by atoms with Gasteiger partial charge < -0.3 is 0 Å². The Bertz CT molecular complexity index is 580. The lowest BCUT2D eigenvalue weighted by molar-refractivity contribution is 0.608. The normalized spacial score (nSPS) is 12.5. The van der Waals surface area contributed by atoms with Crippen LogP contribution in [0.4, 0.5) is 4.39 Å². The van der Waals surface area contributed by atoms with Gasteiger partial charge in [-0.2, -0.15) is 0 Å². The first-order valence-electron chi connectivity index (χ1n) is 5.75. The van der Waals surface area contributed by atoms with E-state index in [0.29, 0.717) is 11.1 Å². The molecule has 0 aliphatic heterocycles. The van der Waals surface area contributed by atoms with Gasteiger partial charge in [-0.1, -0.05) is 59.9 Å². The minimum Gasteiger partial charge on any atom is -0.206 e. The molecule has 0 aliphatic carbocycles. The summed E-state index contributed by atoms with van der Waals surface area (Å²) in [5.41, 5.74) is 3.52. The summed E-state index contributed by atoms with van der Waals surface area (Å²) in [5, 5.41) is 0. The van der Waals surface area contributed by atoms with Crippen LogP contribution in [-0.4, -0.2) is 0 Å². The molecule has 2 rings (SSSR count).